The summed E-state index contributed by atoms with van der Waals surface area (Å²) in [6.07, 6.45) is 13.3. The lowest BCUT2D eigenvalue weighted by atomic mass is 9.43. The van der Waals surface area contributed by atoms with Crippen molar-refractivity contribution >= 4 is 16.8 Å². The summed E-state index contributed by atoms with van der Waals surface area (Å²) in [6.45, 7) is 5.62. The maximum absolute atomic E-state index is 13.7. The number of fused-ring (bicyclic) bond motifs is 6. The highest BCUT2D eigenvalue weighted by Crippen LogP contribution is 2.68. The largest absolute Gasteiger partial charge is 0.390 e. The SMILES string of the molecule is COCC12CCC(C)(O)CC1CCC1C3CCC(C(=O)Cn4ncc5ncccc54)C3(C)CCC12. The lowest BCUT2D eigenvalue weighted by Crippen LogP contribution is -2.58. The van der Waals surface area contributed by atoms with Gasteiger partial charge in [0, 0.05) is 19.2 Å². The molecule has 8 atom stereocenters. The first-order valence-corrected chi connectivity index (χ1v) is 13.8. The molecule has 6 nitrogen and oxygen atoms in total. The lowest BCUT2D eigenvalue weighted by Gasteiger charge is -2.62. The summed E-state index contributed by atoms with van der Waals surface area (Å²) >= 11 is 0. The molecule has 6 rings (SSSR count). The number of carbonyl (C=O) groups excluding carboxylic acids is 1. The molecular formula is C29H41N3O3. The molecule has 0 bridgehead atoms. The van der Waals surface area contributed by atoms with Gasteiger partial charge in [0.25, 0.3) is 0 Å². The minimum Gasteiger partial charge on any atom is -0.390 e. The minimum atomic E-state index is -0.533. The van der Waals surface area contributed by atoms with E-state index < -0.39 is 5.60 Å². The number of methoxy groups -OCH3 is 1. The van der Waals surface area contributed by atoms with Crippen molar-refractivity contribution in [2.24, 2.45) is 40.4 Å². The normalized spacial score (nSPS) is 42.9. The van der Waals surface area contributed by atoms with E-state index in [-0.39, 0.29) is 16.7 Å². The van der Waals surface area contributed by atoms with Crippen molar-refractivity contribution in [3.63, 3.8) is 0 Å². The Morgan fingerprint density at radius 3 is 2.83 bits per heavy atom. The van der Waals surface area contributed by atoms with Crippen molar-refractivity contribution in [3.05, 3.63) is 24.5 Å². The number of hydrogen-bond donors (Lipinski definition) is 1. The quantitative estimate of drug-likeness (QED) is 0.650. The van der Waals surface area contributed by atoms with Crippen molar-refractivity contribution in [2.75, 3.05) is 13.7 Å². The first-order valence-electron chi connectivity index (χ1n) is 13.8. The van der Waals surface area contributed by atoms with E-state index in [1.165, 1.54) is 25.7 Å². The zero-order chi connectivity index (χ0) is 24.4. The molecule has 1 N–H and O–H groups in total. The van der Waals surface area contributed by atoms with Crippen molar-refractivity contribution in [1.29, 1.82) is 0 Å². The van der Waals surface area contributed by atoms with Crippen LogP contribution < -0.4 is 0 Å². The average Bonchev–Trinajstić information content (AvgIpc) is 3.40. The molecule has 4 saturated carbocycles. The molecule has 4 aliphatic rings. The summed E-state index contributed by atoms with van der Waals surface area (Å²) in [7, 11) is 1.86. The third-order valence-electron chi connectivity index (χ3n) is 11.2. The number of aliphatic hydroxyl groups is 1. The second-order valence-corrected chi connectivity index (χ2v) is 12.9. The summed E-state index contributed by atoms with van der Waals surface area (Å²) in [6, 6.07) is 3.91. The zero-order valence-corrected chi connectivity index (χ0v) is 21.6. The Labute approximate surface area is 208 Å². The Morgan fingerprint density at radius 1 is 1.14 bits per heavy atom. The van der Waals surface area contributed by atoms with Gasteiger partial charge >= 0.3 is 0 Å². The number of nitrogens with zero attached hydrogens (tertiary/aromatic N) is 3. The first kappa shape index (κ1) is 23.6. The highest BCUT2D eigenvalue weighted by atomic mass is 16.5. The van der Waals surface area contributed by atoms with Crippen LogP contribution in [0.2, 0.25) is 0 Å². The number of hydrogen-bond acceptors (Lipinski definition) is 5. The van der Waals surface area contributed by atoms with E-state index in [0.29, 0.717) is 36.0 Å². The number of ether oxygens (including phenoxy) is 1. The standard InChI is InChI=1S/C29H41N3O3/c1-27(34)12-13-29(18-35-3)19(15-27)6-7-20-21-8-9-23(28(21,2)11-10-22(20)29)26(33)17-32-25-5-4-14-30-24(25)16-31-32/h4-5,14,16,19-23,34H,6-13,15,17-18H2,1-3H3. The molecular weight excluding hydrogens is 438 g/mol. The van der Waals surface area contributed by atoms with Gasteiger partial charge in [-0.1, -0.05) is 6.92 Å². The highest BCUT2D eigenvalue weighted by molar-refractivity contribution is 5.84. The lowest BCUT2D eigenvalue weighted by molar-refractivity contribution is -0.175. The molecule has 0 saturated heterocycles. The van der Waals surface area contributed by atoms with Crippen LogP contribution in [0.3, 0.4) is 0 Å². The van der Waals surface area contributed by atoms with Gasteiger partial charge in [0.15, 0.2) is 5.78 Å². The van der Waals surface area contributed by atoms with Gasteiger partial charge in [0.2, 0.25) is 0 Å². The number of ketones is 1. The second-order valence-electron chi connectivity index (χ2n) is 12.9. The molecule has 0 amide bonds. The predicted octanol–water partition coefficient (Wildman–Crippen LogP) is 5.04. The Hall–Kier alpha value is -1.79. The van der Waals surface area contributed by atoms with E-state index in [2.05, 4.69) is 17.0 Å². The fourth-order valence-electron chi connectivity index (χ4n) is 9.61. The van der Waals surface area contributed by atoms with Gasteiger partial charge in [0.1, 0.15) is 12.1 Å². The van der Waals surface area contributed by atoms with E-state index in [9.17, 15) is 9.90 Å². The van der Waals surface area contributed by atoms with E-state index in [4.69, 9.17) is 4.74 Å². The average molecular weight is 480 g/mol. The Morgan fingerprint density at radius 2 is 2.00 bits per heavy atom. The molecule has 0 radical (unpaired) electrons. The summed E-state index contributed by atoms with van der Waals surface area (Å²) in [5.74, 6) is 2.96. The molecule has 6 heteroatoms. The molecule has 0 aliphatic heterocycles. The van der Waals surface area contributed by atoms with Crippen molar-refractivity contribution in [3.8, 4) is 0 Å². The summed E-state index contributed by atoms with van der Waals surface area (Å²) in [5.41, 5.74) is 1.54. The van der Waals surface area contributed by atoms with Crippen molar-refractivity contribution in [2.45, 2.75) is 83.8 Å². The fraction of sp³-hybridized carbons (Fsp3) is 0.759. The van der Waals surface area contributed by atoms with Gasteiger partial charge in [-0.2, -0.15) is 5.10 Å². The molecule has 4 fully saturated rings. The smallest absolute Gasteiger partial charge is 0.157 e. The Bertz CT molecular complexity index is 1110. The molecule has 35 heavy (non-hydrogen) atoms. The van der Waals surface area contributed by atoms with Gasteiger partial charge in [-0.05, 0) is 111 Å². The molecule has 190 valence electrons. The van der Waals surface area contributed by atoms with Crippen LogP contribution in [0, 0.1) is 40.4 Å². The number of aromatic nitrogens is 3. The summed E-state index contributed by atoms with van der Waals surface area (Å²) in [5, 5.41) is 15.3. The predicted molar refractivity (Wildman–Crippen MR) is 135 cm³/mol. The highest BCUT2D eigenvalue weighted by Gasteiger charge is 2.63. The van der Waals surface area contributed by atoms with Gasteiger partial charge in [-0.15, -0.1) is 0 Å². The fourth-order valence-corrected chi connectivity index (χ4v) is 9.61. The maximum Gasteiger partial charge on any atom is 0.157 e. The maximum atomic E-state index is 13.7. The molecule has 0 spiro atoms. The topological polar surface area (TPSA) is 77.2 Å². The summed E-state index contributed by atoms with van der Waals surface area (Å²) in [4.78, 5) is 18.1. The first-order chi connectivity index (χ1) is 16.8. The zero-order valence-electron chi connectivity index (χ0n) is 21.6. The molecule has 4 aliphatic carbocycles. The summed E-state index contributed by atoms with van der Waals surface area (Å²) < 4.78 is 7.74. The Balaban J connectivity index is 1.24. The molecule has 2 aromatic rings. The van der Waals surface area contributed by atoms with Gasteiger partial charge < -0.3 is 9.84 Å². The van der Waals surface area contributed by atoms with E-state index >= 15 is 0 Å². The van der Waals surface area contributed by atoms with E-state index in [0.717, 1.165) is 49.7 Å². The van der Waals surface area contributed by atoms with Crippen LogP contribution >= 0.6 is 0 Å². The van der Waals surface area contributed by atoms with Crippen LogP contribution in [-0.2, 0) is 16.1 Å². The monoisotopic (exact) mass is 479 g/mol. The molecule has 2 aromatic heterocycles. The molecule has 0 aromatic carbocycles. The third-order valence-corrected chi connectivity index (χ3v) is 11.2. The Kier molecular flexibility index (Phi) is 5.65. The van der Waals surface area contributed by atoms with Crippen LogP contribution in [0.1, 0.15) is 71.6 Å². The van der Waals surface area contributed by atoms with Crippen LogP contribution in [0.25, 0.3) is 11.0 Å². The van der Waals surface area contributed by atoms with Crippen LogP contribution in [-0.4, -0.2) is 45.0 Å². The van der Waals surface area contributed by atoms with Crippen LogP contribution in [0.15, 0.2) is 24.5 Å². The number of Topliss-reactive ketones (excluding diaryl/α,β-unsaturated/α-hetero) is 1. The molecule has 8 unspecified atom stereocenters. The molecule has 2 heterocycles. The van der Waals surface area contributed by atoms with Crippen molar-refractivity contribution in [1.82, 2.24) is 14.8 Å². The van der Waals surface area contributed by atoms with Crippen molar-refractivity contribution < 1.29 is 14.6 Å². The van der Waals surface area contributed by atoms with Gasteiger partial charge in [-0.25, -0.2) is 0 Å². The van der Waals surface area contributed by atoms with Crippen LogP contribution in [0.5, 0.6) is 0 Å². The second kappa shape index (κ2) is 8.37. The minimum absolute atomic E-state index is 0.0840. The number of pyridine rings is 1. The van der Waals surface area contributed by atoms with E-state index in [1.54, 1.807) is 12.4 Å². The number of rotatable bonds is 5. The van der Waals surface area contributed by atoms with Crippen LogP contribution in [0.4, 0.5) is 0 Å². The van der Waals surface area contributed by atoms with Gasteiger partial charge in [-0.3, -0.25) is 14.5 Å². The third kappa shape index (κ3) is 3.61. The van der Waals surface area contributed by atoms with E-state index in [1.807, 2.05) is 30.8 Å². The number of carbonyl (C=O) groups is 1. The van der Waals surface area contributed by atoms with Gasteiger partial charge in [0.05, 0.1) is 23.9 Å².